The number of anilines is 1. The van der Waals surface area contributed by atoms with Gasteiger partial charge in [0.1, 0.15) is 4.99 Å². The molecule has 0 unspecified atom stereocenters. The Balaban J connectivity index is 2.36. The predicted molar refractivity (Wildman–Crippen MR) is 76.7 cm³/mol. The number of nitrogens with one attached hydrogen (secondary N) is 2. The van der Waals surface area contributed by atoms with E-state index in [9.17, 15) is 8.42 Å². The molecule has 0 amide bonds. The number of H-pyrrole nitrogens is 1. The van der Waals surface area contributed by atoms with Crippen LogP contribution in [0, 0.1) is 0 Å². The lowest BCUT2D eigenvalue weighted by atomic mass is 10.2. The van der Waals surface area contributed by atoms with Gasteiger partial charge in [-0.3, -0.25) is 9.82 Å². The van der Waals surface area contributed by atoms with Crippen molar-refractivity contribution in [2.24, 2.45) is 5.73 Å². The van der Waals surface area contributed by atoms with E-state index in [1.165, 1.54) is 30.6 Å². The summed E-state index contributed by atoms with van der Waals surface area (Å²) in [6.45, 7) is 0. The van der Waals surface area contributed by atoms with Gasteiger partial charge in [0.15, 0.2) is 0 Å². The topological polar surface area (TPSA) is 101 Å². The number of nitrogens with zero attached hydrogens (tertiary/aromatic N) is 1. The second-order valence-corrected chi connectivity index (χ2v) is 6.13. The van der Waals surface area contributed by atoms with Crippen LogP contribution in [0.25, 0.3) is 0 Å². The molecular weight excluding hydrogens is 308 g/mol. The Labute approximate surface area is 120 Å². The van der Waals surface area contributed by atoms with Gasteiger partial charge in [0.2, 0.25) is 0 Å². The Morgan fingerprint density at radius 3 is 2.74 bits per heavy atom. The molecule has 6 nitrogen and oxygen atoms in total. The summed E-state index contributed by atoms with van der Waals surface area (Å²) < 4.78 is 26.5. The van der Waals surface area contributed by atoms with Crippen LogP contribution >= 0.6 is 23.8 Å². The first kappa shape index (κ1) is 13.8. The first-order chi connectivity index (χ1) is 8.90. The number of benzene rings is 1. The molecule has 1 heterocycles. The zero-order chi connectivity index (χ0) is 14.0. The number of aromatic nitrogens is 2. The Kier molecular flexibility index (Phi) is 3.74. The summed E-state index contributed by atoms with van der Waals surface area (Å²) in [5.41, 5.74) is 6.21. The monoisotopic (exact) mass is 316 g/mol. The lowest BCUT2D eigenvalue weighted by molar-refractivity contribution is 0.601. The zero-order valence-electron chi connectivity index (χ0n) is 9.42. The smallest absolute Gasteiger partial charge is 0.262 e. The molecular formula is C10H9ClN4O2S2. The van der Waals surface area contributed by atoms with E-state index >= 15 is 0 Å². The third kappa shape index (κ3) is 3.03. The highest BCUT2D eigenvalue weighted by molar-refractivity contribution is 7.92. The third-order valence-corrected chi connectivity index (χ3v) is 4.18. The van der Waals surface area contributed by atoms with Gasteiger partial charge in [0.25, 0.3) is 10.0 Å². The molecule has 0 fully saturated rings. The Morgan fingerprint density at radius 2 is 2.21 bits per heavy atom. The number of rotatable bonds is 4. The fourth-order valence-corrected chi connectivity index (χ4v) is 3.02. The van der Waals surface area contributed by atoms with Gasteiger partial charge >= 0.3 is 0 Å². The number of hydrogen-bond acceptors (Lipinski definition) is 4. The number of aromatic amines is 1. The summed E-state index contributed by atoms with van der Waals surface area (Å²) in [6.07, 6.45) is 2.77. The first-order valence-electron chi connectivity index (χ1n) is 5.01. The second-order valence-electron chi connectivity index (χ2n) is 3.60. The quantitative estimate of drug-likeness (QED) is 0.742. The van der Waals surface area contributed by atoms with E-state index in [1.54, 1.807) is 0 Å². The highest BCUT2D eigenvalue weighted by Crippen LogP contribution is 2.22. The Bertz CT molecular complexity index is 713. The molecule has 2 rings (SSSR count). The molecule has 0 aliphatic heterocycles. The van der Waals surface area contributed by atoms with Crippen molar-refractivity contribution in [2.75, 3.05) is 4.72 Å². The molecule has 1 aromatic carbocycles. The average molecular weight is 317 g/mol. The number of hydrogen-bond donors (Lipinski definition) is 3. The van der Waals surface area contributed by atoms with Gasteiger partial charge in [-0.25, -0.2) is 8.42 Å². The standard InChI is InChI=1S/C10H9ClN4O2S2/c11-9-3-7(1-2-8(9)10(12)18)19(16,17)15-6-4-13-14-5-6/h1-5,15H,(H2,12,18)(H,13,14). The molecule has 2 aromatic rings. The summed E-state index contributed by atoms with van der Waals surface area (Å²) in [5.74, 6) is 0. The number of nitrogens with two attached hydrogens (primary N) is 1. The predicted octanol–water partition coefficient (Wildman–Crippen LogP) is 1.50. The summed E-state index contributed by atoms with van der Waals surface area (Å²) in [4.78, 5) is 0.121. The van der Waals surface area contributed by atoms with Crippen LogP contribution in [0.15, 0.2) is 35.5 Å². The zero-order valence-corrected chi connectivity index (χ0v) is 11.8. The molecule has 100 valence electrons. The summed E-state index contributed by atoms with van der Waals surface area (Å²) in [6, 6.07) is 4.13. The maximum atomic E-state index is 12.1. The first-order valence-corrected chi connectivity index (χ1v) is 7.28. The number of thiocarbonyl (C=S) groups is 1. The van der Waals surface area contributed by atoms with Gasteiger partial charge in [-0.2, -0.15) is 5.10 Å². The van der Waals surface area contributed by atoms with Gasteiger partial charge in [-0.15, -0.1) is 0 Å². The van der Waals surface area contributed by atoms with Crippen LogP contribution < -0.4 is 10.5 Å². The van der Waals surface area contributed by atoms with Crippen LogP contribution in [0.4, 0.5) is 5.69 Å². The summed E-state index contributed by atoms with van der Waals surface area (Å²) >= 11 is 10.7. The van der Waals surface area contributed by atoms with Crippen LogP contribution in [0.2, 0.25) is 5.02 Å². The fraction of sp³-hybridized carbons (Fsp3) is 0. The average Bonchev–Trinajstić information content (AvgIpc) is 2.80. The van der Waals surface area contributed by atoms with Gasteiger partial charge in [-0.1, -0.05) is 23.8 Å². The van der Waals surface area contributed by atoms with Crippen LogP contribution in [0.3, 0.4) is 0 Å². The number of sulfonamides is 1. The van der Waals surface area contributed by atoms with Crippen molar-refractivity contribution >= 4 is 44.5 Å². The van der Waals surface area contributed by atoms with Gasteiger partial charge in [-0.05, 0) is 18.2 Å². The van der Waals surface area contributed by atoms with Crippen LogP contribution in [-0.4, -0.2) is 23.6 Å². The SMILES string of the molecule is NC(=S)c1ccc(S(=O)(=O)Nc2cn[nH]c2)cc1Cl. The van der Waals surface area contributed by atoms with Crippen LogP contribution in [0.1, 0.15) is 5.56 Å². The van der Waals surface area contributed by atoms with Crippen molar-refractivity contribution in [3.8, 4) is 0 Å². The van der Waals surface area contributed by atoms with E-state index in [2.05, 4.69) is 14.9 Å². The molecule has 9 heteroatoms. The van der Waals surface area contributed by atoms with Crippen LogP contribution in [0.5, 0.6) is 0 Å². The van der Waals surface area contributed by atoms with Crippen molar-refractivity contribution in [2.45, 2.75) is 4.90 Å². The molecule has 0 aliphatic rings. The molecule has 0 aliphatic carbocycles. The van der Waals surface area contributed by atoms with E-state index in [0.717, 1.165) is 0 Å². The van der Waals surface area contributed by atoms with Crippen molar-refractivity contribution in [3.63, 3.8) is 0 Å². The molecule has 0 saturated carbocycles. The van der Waals surface area contributed by atoms with Gasteiger partial charge < -0.3 is 5.73 Å². The van der Waals surface area contributed by atoms with E-state index in [0.29, 0.717) is 11.3 Å². The maximum Gasteiger partial charge on any atom is 0.262 e. The Hall–Kier alpha value is -1.64. The minimum Gasteiger partial charge on any atom is -0.389 e. The van der Waals surface area contributed by atoms with Crippen molar-refractivity contribution in [3.05, 3.63) is 41.2 Å². The van der Waals surface area contributed by atoms with Gasteiger partial charge in [0.05, 0.1) is 21.8 Å². The fourth-order valence-electron chi connectivity index (χ4n) is 1.38. The molecule has 0 radical (unpaired) electrons. The molecule has 19 heavy (non-hydrogen) atoms. The largest absolute Gasteiger partial charge is 0.389 e. The van der Waals surface area contributed by atoms with Crippen molar-refractivity contribution in [1.82, 2.24) is 10.2 Å². The summed E-state index contributed by atoms with van der Waals surface area (Å²) in [7, 11) is -3.73. The number of halogens is 1. The van der Waals surface area contributed by atoms with Gasteiger partial charge in [0, 0.05) is 11.8 Å². The molecule has 0 saturated heterocycles. The van der Waals surface area contributed by atoms with E-state index in [-0.39, 0.29) is 14.9 Å². The molecule has 0 atom stereocenters. The molecule has 0 bridgehead atoms. The second kappa shape index (κ2) is 5.16. The lowest BCUT2D eigenvalue weighted by Gasteiger charge is -2.08. The third-order valence-electron chi connectivity index (χ3n) is 2.27. The highest BCUT2D eigenvalue weighted by Gasteiger charge is 2.16. The van der Waals surface area contributed by atoms with Crippen molar-refractivity contribution < 1.29 is 8.42 Å². The maximum absolute atomic E-state index is 12.1. The van der Waals surface area contributed by atoms with E-state index < -0.39 is 10.0 Å². The Morgan fingerprint density at radius 1 is 1.47 bits per heavy atom. The minimum absolute atomic E-state index is 0.0127. The molecule has 0 spiro atoms. The molecule has 1 aromatic heterocycles. The summed E-state index contributed by atoms with van der Waals surface area (Å²) in [5, 5.41) is 6.33. The lowest BCUT2D eigenvalue weighted by Crippen LogP contribution is -2.14. The highest BCUT2D eigenvalue weighted by atomic mass is 35.5. The van der Waals surface area contributed by atoms with Crippen molar-refractivity contribution in [1.29, 1.82) is 0 Å². The van der Waals surface area contributed by atoms with E-state index in [1.807, 2.05) is 0 Å². The normalized spacial score (nSPS) is 11.2. The minimum atomic E-state index is -3.73. The molecule has 4 N–H and O–H groups in total. The van der Waals surface area contributed by atoms with E-state index in [4.69, 9.17) is 29.6 Å². The van der Waals surface area contributed by atoms with Crippen LogP contribution in [-0.2, 0) is 10.0 Å².